The number of likely N-dealkylation sites (tertiary alicyclic amines) is 2. The third kappa shape index (κ3) is 5.96. The Kier molecular flexibility index (Phi) is 7.31. The van der Waals surface area contributed by atoms with Gasteiger partial charge in [-0.3, -0.25) is 9.69 Å². The zero-order valence-corrected chi connectivity index (χ0v) is 16.8. The van der Waals surface area contributed by atoms with Gasteiger partial charge in [0.05, 0.1) is 5.92 Å². The fraction of sp³-hybridized carbons (Fsp3) is 0.636. The van der Waals surface area contributed by atoms with Gasteiger partial charge in [-0.05, 0) is 43.2 Å². The van der Waals surface area contributed by atoms with E-state index >= 15 is 0 Å². The Labute approximate surface area is 167 Å². The molecule has 154 valence electrons. The molecular weight excluding hydrogens is 354 g/mol. The van der Waals surface area contributed by atoms with E-state index in [-0.39, 0.29) is 11.9 Å². The van der Waals surface area contributed by atoms with E-state index in [1.807, 2.05) is 13.0 Å². The molecule has 0 saturated carbocycles. The first kappa shape index (κ1) is 20.6. The number of carbonyl (C=O) groups excluding carboxylic acids is 1. The molecule has 2 N–H and O–H groups in total. The number of nitrogens with zero attached hydrogens (tertiary/aromatic N) is 2. The molecule has 0 bridgehead atoms. The van der Waals surface area contributed by atoms with E-state index < -0.39 is 11.9 Å². The Bertz CT molecular complexity index is 652. The van der Waals surface area contributed by atoms with E-state index in [0.29, 0.717) is 32.0 Å². The first-order valence-corrected chi connectivity index (χ1v) is 10.5. The molecule has 2 amide bonds. The zero-order valence-electron chi connectivity index (χ0n) is 16.8. The number of carbonyl (C=O) groups is 2. The summed E-state index contributed by atoms with van der Waals surface area (Å²) in [7, 11) is 0. The second-order valence-corrected chi connectivity index (χ2v) is 8.55. The first-order valence-electron chi connectivity index (χ1n) is 10.5. The molecule has 6 heteroatoms. The van der Waals surface area contributed by atoms with Gasteiger partial charge in [-0.1, -0.05) is 43.7 Å². The highest BCUT2D eigenvalue weighted by Gasteiger charge is 2.32. The average molecular weight is 388 g/mol. The van der Waals surface area contributed by atoms with Gasteiger partial charge in [0.15, 0.2) is 0 Å². The summed E-state index contributed by atoms with van der Waals surface area (Å²) in [5.41, 5.74) is 1.33. The van der Waals surface area contributed by atoms with E-state index in [4.69, 9.17) is 0 Å². The maximum Gasteiger partial charge on any atom is 0.317 e. The van der Waals surface area contributed by atoms with E-state index in [9.17, 15) is 14.7 Å². The van der Waals surface area contributed by atoms with Crippen molar-refractivity contribution in [2.45, 2.75) is 39.2 Å². The van der Waals surface area contributed by atoms with Crippen molar-refractivity contribution in [3.05, 3.63) is 35.9 Å². The number of aliphatic carboxylic acids is 1. The maximum atomic E-state index is 12.6. The third-order valence-corrected chi connectivity index (χ3v) is 5.94. The molecule has 0 aromatic heterocycles. The van der Waals surface area contributed by atoms with Crippen LogP contribution in [0, 0.1) is 17.8 Å². The predicted octanol–water partition coefficient (Wildman–Crippen LogP) is 3.04. The Hall–Kier alpha value is -2.08. The van der Waals surface area contributed by atoms with Gasteiger partial charge in [0.25, 0.3) is 0 Å². The SMILES string of the molecule is CC1CC(C(=O)O)CN(C(=O)NCC2CCCCN(Cc3ccccc3)C2)C1. The number of hydrogen-bond donors (Lipinski definition) is 2. The first-order chi connectivity index (χ1) is 13.5. The molecule has 28 heavy (non-hydrogen) atoms. The van der Waals surface area contributed by atoms with Crippen LogP contribution in [0.25, 0.3) is 0 Å². The lowest BCUT2D eigenvalue weighted by Gasteiger charge is -2.35. The summed E-state index contributed by atoms with van der Waals surface area (Å²) >= 11 is 0. The van der Waals surface area contributed by atoms with Crippen molar-refractivity contribution in [1.82, 2.24) is 15.1 Å². The highest BCUT2D eigenvalue weighted by atomic mass is 16.4. The molecule has 3 unspecified atom stereocenters. The Morgan fingerprint density at radius 1 is 1.14 bits per heavy atom. The van der Waals surface area contributed by atoms with E-state index in [2.05, 4.69) is 34.5 Å². The highest BCUT2D eigenvalue weighted by Crippen LogP contribution is 2.22. The highest BCUT2D eigenvalue weighted by molar-refractivity contribution is 5.76. The number of piperidine rings is 1. The minimum atomic E-state index is -0.801. The minimum Gasteiger partial charge on any atom is -0.481 e. The molecule has 2 aliphatic heterocycles. The van der Waals surface area contributed by atoms with Crippen LogP contribution in [0.1, 0.15) is 38.2 Å². The second kappa shape index (κ2) is 9.92. The molecule has 0 spiro atoms. The molecule has 1 aromatic carbocycles. The van der Waals surface area contributed by atoms with Crippen LogP contribution in [0.15, 0.2) is 30.3 Å². The number of nitrogens with one attached hydrogen (secondary N) is 1. The molecule has 6 nitrogen and oxygen atoms in total. The zero-order chi connectivity index (χ0) is 19.9. The molecule has 2 heterocycles. The van der Waals surface area contributed by atoms with Crippen LogP contribution in [0.4, 0.5) is 4.79 Å². The summed E-state index contributed by atoms with van der Waals surface area (Å²) in [6.07, 6.45) is 4.16. The van der Waals surface area contributed by atoms with E-state index in [1.54, 1.807) is 4.90 Å². The monoisotopic (exact) mass is 387 g/mol. The molecule has 3 rings (SSSR count). The van der Waals surface area contributed by atoms with Crippen LogP contribution in [0.3, 0.4) is 0 Å². The van der Waals surface area contributed by atoms with Crippen molar-refractivity contribution < 1.29 is 14.7 Å². The van der Waals surface area contributed by atoms with Crippen molar-refractivity contribution in [3.8, 4) is 0 Å². The Balaban J connectivity index is 1.49. The normalized spacial score (nSPS) is 26.5. The molecule has 2 aliphatic rings. The lowest BCUT2D eigenvalue weighted by Crippen LogP contribution is -2.50. The van der Waals surface area contributed by atoms with Gasteiger partial charge in [-0.25, -0.2) is 4.79 Å². The predicted molar refractivity (Wildman–Crippen MR) is 109 cm³/mol. The third-order valence-electron chi connectivity index (χ3n) is 5.94. The Morgan fingerprint density at radius 2 is 1.93 bits per heavy atom. The van der Waals surface area contributed by atoms with E-state index in [0.717, 1.165) is 26.1 Å². The van der Waals surface area contributed by atoms with Crippen molar-refractivity contribution in [1.29, 1.82) is 0 Å². The summed E-state index contributed by atoms with van der Waals surface area (Å²) in [5, 5.41) is 12.4. The fourth-order valence-electron chi connectivity index (χ4n) is 4.51. The van der Waals surface area contributed by atoms with Gasteiger partial charge >= 0.3 is 12.0 Å². The van der Waals surface area contributed by atoms with Crippen molar-refractivity contribution in [3.63, 3.8) is 0 Å². The fourth-order valence-corrected chi connectivity index (χ4v) is 4.51. The number of hydrogen-bond acceptors (Lipinski definition) is 3. The lowest BCUT2D eigenvalue weighted by molar-refractivity contribution is -0.143. The van der Waals surface area contributed by atoms with Gasteiger partial charge in [-0.2, -0.15) is 0 Å². The average Bonchev–Trinajstić information content (AvgIpc) is 2.91. The molecular formula is C22H33N3O3. The summed E-state index contributed by atoms with van der Waals surface area (Å²) in [6.45, 7) is 6.67. The van der Waals surface area contributed by atoms with Crippen LogP contribution in [-0.4, -0.2) is 59.6 Å². The van der Waals surface area contributed by atoms with Crippen LogP contribution in [0.2, 0.25) is 0 Å². The van der Waals surface area contributed by atoms with Crippen LogP contribution >= 0.6 is 0 Å². The lowest BCUT2D eigenvalue weighted by atomic mass is 9.91. The second-order valence-electron chi connectivity index (χ2n) is 8.55. The summed E-state index contributed by atoms with van der Waals surface area (Å²) in [6, 6.07) is 10.4. The summed E-state index contributed by atoms with van der Waals surface area (Å²) in [5.74, 6) is -0.592. The quantitative estimate of drug-likeness (QED) is 0.815. The minimum absolute atomic E-state index is 0.114. The molecule has 1 aromatic rings. The maximum absolute atomic E-state index is 12.6. The van der Waals surface area contributed by atoms with Crippen molar-refractivity contribution in [2.75, 3.05) is 32.7 Å². The van der Waals surface area contributed by atoms with Crippen molar-refractivity contribution >= 4 is 12.0 Å². The number of urea groups is 1. The Morgan fingerprint density at radius 3 is 2.68 bits per heavy atom. The van der Waals surface area contributed by atoms with Crippen LogP contribution < -0.4 is 5.32 Å². The standard InChI is InChI=1S/C22H33N3O3/c1-17-11-20(21(26)27)16-25(13-17)22(28)23-12-19-9-5-6-10-24(15-19)14-18-7-3-2-4-8-18/h2-4,7-8,17,19-20H,5-6,9-16H2,1H3,(H,23,28)(H,26,27). The molecule has 0 radical (unpaired) electrons. The molecule has 2 fully saturated rings. The summed E-state index contributed by atoms with van der Waals surface area (Å²) in [4.78, 5) is 28.1. The number of rotatable bonds is 5. The number of carboxylic acid groups (broad SMARTS) is 1. The summed E-state index contributed by atoms with van der Waals surface area (Å²) < 4.78 is 0. The molecule has 3 atom stereocenters. The largest absolute Gasteiger partial charge is 0.481 e. The van der Waals surface area contributed by atoms with Gasteiger partial charge < -0.3 is 15.3 Å². The van der Waals surface area contributed by atoms with Gasteiger partial charge in [0.2, 0.25) is 0 Å². The number of benzene rings is 1. The smallest absolute Gasteiger partial charge is 0.317 e. The van der Waals surface area contributed by atoms with Crippen LogP contribution in [0.5, 0.6) is 0 Å². The molecule has 2 saturated heterocycles. The van der Waals surface area contributed by atoms with E-state index in [1.165, 1.54) is 18.4 Å². The molecule has 0 aliphatic carbocycles. The van der Waals surface area contributed by atoms with Gasteiger partial charge in [0.1, 0.15) is 0 Å². The van der Waals surface area contributed by atoms with Crippen LogP contribution in [-0.2, 0) is 11.3 Å². The topological polar surface area (TPSA) is 72.9 Å². The van der Waals surface area contributed by atoms with Crippen molar-refractivity contribution in [2.24, 2.45) is 17.8 Å². The number of carboxylic acids is 1. The van der Waals surface area contributed by atoms with Gasteiger partial charge in [0, 0.05) is 32.7 Å². The van der Waals surface area contributed by atoms with Gasteiger partial charge in [-0.15, -0.1) is 0 Å². The number of amides is 2.